The summed E-state index contributed by atoms with van der Waals surface area (Å²) in [7, 11) is 0. The molecule has 6 heterocycles. The summed E-state index contributed by atoms with van der Waals surface area (Å²) in [5, 5.41) is 12.0. The van der Waals surface area contributed by atoms with E-state index in [4.69, 9.17) is 4.98 Å². The van der Waals surface area contributed by atoms with Crippen LogP contribution >= 0.6 is 22.7 Å². The van der Waals surface area contributed by atoms with Gasteiger partial charge in [-0.2, -0.15) is 0 Å². The monoisotopic (exact) mass is 675 g/mol. The third kappa shape index (κ3) is 5.61. The van der Waals surface area contributed by atoms with E-state index in [1.54, 1.807) is 17.4 Å². The van der Waals surface area contributed by atoms with Gasteiger partial charge < -0.3 is 19.5 Å². The molecule has 0 saturated carbocycles. The molecule has 0 unspecified atom stereocenters. The van der Waals surface area contributed by atoms with Crippen LogP contribution in [0.4, 0.5) is 0 Å². The first kappa shape index (κ1) is 30.9. The molecule has 0 bridgehead atoms. The van der Waals surface area contributed by atoms with Gasteiger partial charge in [-0.05, 0) is 88.0 Å². The number of thiazole rings is 1. The Kier molecular flexibility index (Phi) is 8.10. The van der Waals surface area contributed by atoms with Crippen LogP contribution in [0.5, 0.6) is 0 Å². The molecule has 2 aliphatic heterocycles. The predicted molar refractivity (Wildman–Crippen MR) is 194 cm³/mol. The number of rotatable bonds is 7. The SMILES string of the molecule is Cc1nc(C)c(-c2ccc3cc(-c4c(-c5ccccc5)c5sc(C(=O)O)cc5n4CC(=O)N4CCC(N5CCCC5)CC4)ccc3n2)s1. The van der Waals surface area contributed by atoms with Gasteiger partial charge in [0.1, 0.15) is 11.4 Å². The molecule has 0 aliphatic carbocycles. The molecule has 0 spiro atoms. The highest BCUT2D eigenvalue weighted by Gasteiger charge is 2.30. The zero-order chi connectivity index (χ0) is 32.9. The molecular weight excluding hydrogens is 639 g/mol. The molecule has 48 heavy (non-hydrogen) atoms. The van der Waals surface area contributed by atoms with Crippen molar-refractivity contribution in [3.05, 3.63) is 82.3 Å². The van der Waals surface area contributed by atoms with E-state index in [2.05, 4.69) is 50.8 Å². The number of aromatic carboxylic acids is 1. The van der Waals surface area contributed by atoms with E-state index in [0.717, 1.165) is 90.7 Å². The first-order valence-electron chi connectivity index (χ1n) is 16.7. The van der Waals surface area contributed by atoms with Crippen LogP contribution in [0.1, 0.15) is 46.1 Å². The first-order valence-corrected chi connectivity index (χ1v) is 18.3. The summed E-state index contributed by atoms with van der Waals surface area (Å²) in [5.74, 6) is -0.893. The number of likely N-dealkylation sites (tertiary alicyclic amines) is 2. The van der Waals surface area contributed by atoms with E-state index in [1.807, 2.05) is 43.0 Å². The number of carboxylic acids is 1. The Morgan fingerprint density at radius 2 is 1.65 bits per heavy atom. The Balaban J connectivity index is 1.22. The number of aryl methyl sites for hydroxylation is 2. The predicted octanol–water partition coefficient (Wildman–Crippen LogP) is 8.11. The summed E-state index contributed by atoms with van der Waals surface area (Å²) in [4.78, 5) is 41.8. The lowest BCUT2D eigenvalue weighted by atomic mass is 9.99. The fraction of sp³-hybridized carbons (Fsp3) is 0.316. The molecule has 2 aliphatic rings. The largest absolute Gasteiger partial charge is 0.477 e. The highest BCUT2D eigenvalue weighted by molar-refractivity contribution is 7.21. The van der Waals surface area contributed by atoms with Gasteiger partial charge in [0.2, 0.25) is 5.91 Å². The molecule has 4 aromatic heterocycles. The normalized spacial score (nSPS) is 16.0. The fourth-order valence-corrected chi connectivity index (χ4v) is 9.51. The summed E-state index contributed by atoms with van der Waals surface area (Å²) < 4.78 is 2.93. The molecule has 8 rings (SSSR count). The lowest BCUT2D eigenvalue weighted by Gasteiger charge is -2.36. The van der Waals surface area contributed by atoms with Crippen LogP contribution in [0.2, 0.25) is 0 Å². The third-order valence-corrected chi connectivity index (χ3v) is 12.1. The number of aromatic nitrogens is 3. The number of benzene rings is 2. The van der Waals surface area contributed by atoms with Crippen LogP contribution in [0.3, 0.4) is 0 Å². The van der Waals surface area contributed by atoms with Crippen LogP contribution in [0.15, 0.2) is 66.7 Å². The number of pyridine rings is 1. The van der Waals surface area contributed by atoms with E-state index in [9.17, 15) is 14.7 Å². The Labute approximate surface area is 287 Å². The maximum atomic E-state index is 14.1. The number of nitrogens with zero attached hydrogens (tertiary/aromatic N) is 5. The summed E-state index contributed by atoms with van der Waals surface area (Å²) in [6, 6.07) is 22.8. The number of piperidine rings is 1. The van der Waals surface area contributed by atoms with Crippen molar-refractivity contribution in [2.75, 3.05) is 26.2 Å². The Bertz CT molecular complexity index is 2170. The van der Waals surface area contributed by atoms with Gasteiger partial charge in [0, 0.05) is 30.1 Å². The number of thiophene rings is 1. The van der Waals surface area contributed by atoms with Gasteiger partial charge >= 0.3 is 5.97 Å². The average Bonchev–Trinajstić information content (AvgIpc) is 3.90. The molecule has 1 N–H and O–H groups in total. The number of hydrogen-bond donors (Lipinski definition) is 1. The number of carbonyl (C=O) groups is 2. The second kappa shape index (κ2) is 12.6. The summed E-state index contributed by atoms with van der Waals surface area (Å²) >= 11 is 2.92. The van der Waals surface area contributed by atoms with Crippen molar-refractivity contribution in [2.24, 2.45) is 0 Å². The summed E-state index contributed by atoms with van der Waals surface area (Å²) in [6.07, 6.45) is 4.53. The second-order valence-corrected chi connectivity index (χ2v) is 15.2. The number of carboxylic acid groups (broad SMARTS) is 1. The molecule has 1 amide bonds. The Morgan fingerprint density at radius 3 is 2.35 bits per heavy atom. The van der Waals surface area contributed by atoms with Gasteiger partial charge in [-0.3, -0.25) is 4.79 Å². The molecule has 10 heteroatoms. The summed E-state index contributed by atoms with van der Waals surface area (Å²) in [5.41, 5.74) is 7.36. The zero-order valence-corrected chi connectivity index (χ0v) is 28.7. The van der Waals surface area contributed by atoms with E-state index in [1.165, 1.54) is 37.3 Å². The van der Waals surface area contributed by atoms with Crippen LogP contribution < -0.4 is 0 Å². The van der Waals surface area contributed by atoms with Gasteiger partial charge in [-0.25, -0.2) is 14.8 Å². The zero-order valence-electron chi connectivity index (χ0n) is 27.1. The van der Waals surface area contributed by atoms with Crippen LogP contribution in [0, 0.1) is 13.8 Å². The minimum absolute atomic E-state index is 0.0676. The molecule has 244 valence electrons. The molecule has 2 aromatic carbocycles. The van der Waals surface area contributed by atoms with E-state index >= 15 is 0 Å². The molecule has 2 saturated heterocycles. The van der Waals surface area contributed by atoms with E-state index in [0.29, 0.717) is 6.04 Å². The average molecular weight is 676 g/mol. The Hall–Kier alpha value is -4.38. The van der Waals surface area contributed by atoms with Gasteiger partial charge in [0.25, 0.3) is 0 Å². The van der Waals surface area contributed by atoms with Crippen LogP contribution in [-0.4, -0.2) is 73.5 Å². The van der Waals surface area contributed by atoms with Crippen LogP contribution in [0.25, 0.3) is 54.1 Å². The third-order valence-electron chi connectivity index (χ3n) is 9.88. The summed E-state index contributed by atoms with van der Waals surface area (Å²) in [6.45, 7) is 8.01. The molecule has 6 aromatic rings. The second-order valence-electron chi connectivity index (χ2n) is 12.9. The topological polar surface area (TPSA) is 91.6 Å². The van der Waals surface area contributed by atoms with Crippen LogP contribution in [-0.2, 0) is 11.3 Å². The van der Waals surface area contributed by atoms with E-state index < -0.39 is 5.97 Å². The van der Waals surface area contributed by atoms with Gasteiger partial charge in [0.05, 0.1) is 42.7 Å². The van der Waals surface area contributed by atoms with Gasteiger partial charge in [-0.15, -0.1) is 22.7 Å². The smallest absolute Gasteiger partial charge is 0.345 e. The van der Waals surface area contributed by atoms with Crippen molar-refractivity contribution in [1.29, 1.82) is 0 Å². The lowest BCUT2D eigenvalue weighted by molar-refractivity contribution is -0.133. The van der Waals surface area contributed by atoms with Crippen molar-refractivity contribution in [2.45, 2.75) is 52.1 Å². The minimum atomic E-state index is -0.961. The van der Waals surface area contributed by atoms with Crippen molar-refractivity contribution >= 4 is 55.7 Å². The first-order chi connectivity index (χ1) is 23.3. The number of carbonyl (C=O) groups excluding carboxylic acids is 1. The standard InChI is InChI=1S/C38H37N5O3S2/c1-23-36(47-24(2)39-23)30-13-10-26-20-27(11-12-29(26)40-30)35-34(25-8-4-3-5-9-25)37-31(21-32(48-37)38(45)46)43(35)22-33(44)42-18-14-28(15-19-42)41-16-6-7-17-41/h3-5,8-13,20-21,28H,6-7,14-19,22H2,1-2H3,(H,45,46). The van der Waals surface area contributed by atoms with Crippen molar-refractivity contribution in [3.63, 3.8) is 0 Å². The number of amides is 1. The lowest BCUT2D eigenvalue weighted by Crippen LogP contribution is -2.46. The molecule has 2 fully saturated rings. The maximum Gasteiger partial charge on any atom is 0.345 e. The molecule has 0 radical (unpaired) electrons. The van der Waals surface area contributed by atoms with E-state index in [-0.39, 0.29) is 17.3 Å². The fourth-order valence-electron chi connectivity index (χ4n) is 7.56. The number of hydrogen-bond acceptors (Lipinski definition) is 7. The van der Waals surface area contributed by atoms with Gasteiger partial charge in [0.15, 0.2) is 0 Å². The number of fused-ring (bicyclic) bond motifs is 2. The molecular formula is C38H37N5O3S2. The highest BCUT2D eigenvalue weighted by Crippen LogP contribution is 2.45. The molecule has 8 nitrogen and oxygen atoms in total. The highest BCUT2D eigenvalue weighted by atomic mass is 32.1. The maximum absolute atomic E-state index is 14.1. The van der Waals surface area contributed by atoms with Crippen molar-refractivity contribution in [3.8, 4) is 33.0 Å². The molecule has 0 atom stereocenters. The van der Waals surface area contributed by atoms with Crippen molar-refractivity contribution < 1.29 is 14.7 Å². The van der Waals surface area contributed by atoms with Gasteiger partial charge in [-0.1, -0.05) is 42.5 Å². The Morgan fingerprint density at radius 1 is 0.875 bits per heavy atom. The quantitative estimate of drug-likeness (QED) is 0.184. The van der Waals surface area contributed by atoms with Crippen molar-refractivity contribution in [1.82, 2.24) is 24.3 Å². The minimum Gasteiger partial charge on any atom is -0.477 e.